The minimum Gasteiger partial charge on any atom is -0.352 e. The zero-order valence-corrected chi connectivity index (χ0v) is 19.4. The van der Waals surface area contributed by atoms with Crippen LogP contribution in [-0.2, 0) is 0 Å². The van der Waals surface area contributed by atoms with Gasteiger partial charge in [0.15, 0.2) is 0 Å². The summed E-state index contributed by atoms with van der Waals surface area (Å²) in [5.74, 6) is -0.965. The van der Waals surface area contributed by atoms with Gasteiger partial charge in [-0.15, -0.1) is 12.4 Å². The highest BCUT2D eigenvalue weighted by Crippen LogP contribution is 2.29. The maximum absolute atomic E-state index is 12.9. The number of hydrogen-bond donors (Lipinski definition) is 1. The topological polar surface area (TPSA) is 69.7 Å². The molecule has 2 heterocycles. The van der Waals surface area contributed by atoms with E-state index >= 15 is 0 Å². The number of benzene rings is 2. The number of nitrogens with one attached hydrogen (secondary N) is 1. The standard InChI is InChI=1S/C25H29N3O3.ClH/c1-17-7-10-20(11-8-17)28-24(30)21-12-9-19(16-22(21)25(28)31)23(29)26-13-5-15-27-14-4-3-6-18(27)2;/h7-12,16,18H,3-6,13-15H2,1-2H3,(H,26,29);1H. The lowest BCUT2D eigenvalue weighted by Crippen LogP contribution is -2.39. The SMILES string of the molecule is Cc1ccc(N2C(=O)c3ccc(C(=O)NCCCN4CCCCC4C)cc3C2=O)cc1.Cl. The normalized spacial score (nSPS) is 18.3. The van der Waals surface area contributed by atoms with Crippen LogP contribution >= 0.6 is 12.4 Å². The zero-order chi connectivity index (χ0) is 22.0. The van der Waals surface area contributed by atoms with Crippen molar-refractivity contribution >= 4 is 35.8 Å². The molecule has 1 saturated heterocycles. The molecule has 1 unspecified atom stereocenters. The summed E-state index contributed by atoms with van der Waals surface area (Å²) in [5.41, 5.74) is 2.60. The summed E-state index contributed by atoms with van der Waals surface area (Å²) in [6.07, 6.45) is 4.68. The first-order valence-electron chi connectivity index (χ1n) is 11.1. The number of halogens is 1. The van der Waals surface area contributed by atoms with E-state index < -0.39 is 5.91 Å². The zero-order valence-electron chi connectivity index (χ0n) is 18.6. The van der Waals surface area contributed by atoms with Gasteiger partial charge in [0.1, 0.15) is 0 Å². The molecule has 2 aromatic rings. The van der Waals surface area contributed by atoms with E-state index in [1.807, 2.05) is 19.1 Å². The van der Waals surface area contributed by atoms with Crippen LogP contribution in [0.5, 0.6) is 0 Å². The van der Waals surface area contributed by atoms with E-state index in [0.717, 1.165) is 25.1 Å². The van der Waals surface area contributed by atoms with Crippen LogP contribution in [0, 0.1) is 6.92 Å². The molecule has 32 heavy (non-hydrogen) atoms. The van der Waals surface area contributed by atoms with Crippen molar-refractivity contribution in [2.24, 2.45) is 0 Å². The second-order valence-electron chi connectivity index (χ2n) is 8.53. The molecule has 1 N–H and O–H groups in total. The van der Waals surface area contributed by atoms with Crippen LogP contribution in [0.4, 0.5) is 5.69 Å². The van der Waals surface area contributed by atoms with Crippen molar-refractivity contribution in [2.45, 2.75) is 45.6 Å². The Labute approximate surface area is 195 Å². The number of anilines is 1. The first kappa shape index (κ1) is 24.0. The monoisotopic (exact) mass is 455 g/mol. The van der Waals surface area contributed by atoms with Gasteiger partial charge < -0.3 is 10.2 Å². The Hall–Kier alpha value is -2.70. The molecular weight excluding hydrogens is 426 g/mol. The van der Waals surface area contributed by atoms with Crippen molar-refractivity contribution in [2.75, 3.05) is 24.5 Å². The van der Waals surface area contributed by atoms with Crippen molar-refractivity contribution in [3.63, 3.8) is 0 Å². The summed E-state index contributed by atoms with van der Waals surface area (Å²) in [7, 11) is 0. The molecule has 6 nitrogen and oxygen atoms in total. The fourth-order valence-corrected chi connectivity index (χ4v) is 4.39. The quantitative estimate of drug-likeness (QED) is 0.523. The first-order valence-corrected chi connectivity index (χ1v) is 11.1. The van der Waals surface area contributed by atoms with E-state index in [4.69, 9.17) is 0 Å². The molecule has 2 aliphatic heterocycles. The van der Waals surface area contributed by atoms with Crippen LogP contribution in [0.1, 0.15) is 69.2 Å². The maximum Gasteiger partial charge on any atom is 0.266 e. The van der Waals surface area contributed by atoms with Gasteiger partial charge in [-0.2, -0.15) is 0 Å². The van der Waals surface area contributed by atoms with E-state index in [1.54, 1.807) is 24.3 Å². The molecule has 1 atom stereocenters. The third-order valence-electron chi connectivity index (χ3n) is 6.29. The average Bonchev–Trinajstić information content (AvgIpc) is 3.02. The second kappa shape index (κ2) is 10.3. The highest BCUT2D eigenvalue weighted by molar-refractivity contribution is 6.34. The van der Waals surface area contributed by atoms with Crippen molar-refractivity contribution in [1.29, 1.82) is 0 Å². The Bertz CT molecular complexity index is 1010. The molecule has 2 aliphatic rings. The molecule has 170 valence electrons. The van der Waals surface area contributed by atoms with Gasteiger partial charge in [-0.05, 0) is 70.0 Å². The summed E-state index contributed by atoms with van der Waals surface area (Å²) in [5, 5.41) is 2.94. The summed E-state index contributed by atoms with van der Waals surface area (Å²) < 4.78 is 0. The van der Waals surface area contributed by atoms with Crippen LogP contribution in [-0.4, -0.2) is 48.3 Å². The third-order valence-corrected chi connectivity index (χ3v) is 6.29. The molecule has 0 radical (unpaired) electrons. The van der Waals surface area contributed by atoms with Crippen molar-refractivity contribution < 1.29 is 14.4 Å². The van der Waals surface area contributed by atoms with Gasteiger partial charge in [0.2, 0.25) is 0 Å². The van der Waals surface area contributed by atoms with Gasteiger partial charge in [0.05, 0.1) is 16.8 Å². The number of imide groups is 1. The van der Waals surface area contributed by atoms with Gasteiger partial charge in [-0.3, -0.25) is 14.4 Å². The van der Waals surface area contributed by atoms with E-state index in [9.17, 15) is 14.4 Å². The van der Waals surface area contributed by atoms with Crippen molar-refractivity contribution in [3.8, 4) is 0 Å². The van der Waals surface area contributed by atoms with Crippen LogP contribution in [0.2, 0.25) is 0 Å². The fourth-order valence-electron chi connectivity index (χ4n) is 4.39. The summed E-state index contributed by atoms with van der Waals surface area (Å²) >= 11 is 0. The Morgan fingerprint density at radius 1 is 1.03 bits per heavy atom. The van der Waals surface area contributed by atoms with Crippen molar-refractivity contribution in [3.05, 3.63) is 64.7 Å². The van der Waals surface area contributed by atoms with Gasteiger partial charge in [-0.25, -0.2) is 4.90 Å². The lowest BCUT2D eigenvalue weighted by molar-refractivity contribution is 0.0923. The number of amides is 3. The lowest BCUT2D eigenvalue weighted by atomic mass is 10.0. The van der Waals surface area contributed by atoms with Gasteiger partial charge >= 0.3 is 0 Å². The summed E-state index contributed by atoms with van der Waals surface area (Å²) in [6, 6.07) is 12.6. The predicted molar refractivity (Wildman–Crippen MR) is 128 cm³/mol. The summed E-state index contributed by atoms with van der Waals surface area (Å²) in [4.78, 5) is 41.9. The van der Waals surface area contributed by atoms with Crippen LogP contribution < -0.4 is 10.2 Å². The maximum atomic E-state index is 12.9. The number of carbonyl (C=O) groups excluding carboxylic acids is 3. The molecule has 0 aromatic heterocycles. The molecule has 3 amide bonds. The number of piperidine rings is 1. The van der Waals surface area contributed by atoms with Crippen LogP contribution in [0.3, 0.4) is 0 Å². The largest absolute Gasteiger partial charge is 0.352 e. The number of fused-ring (bicyclic) bond motifs is 1. The van der Waals surface area contributed by atoms with E-state index in [-0.39, 0.29) is 29.8 Å². The highest BCUT2D eigenvalue weighted by atomic mass is 35.5. The van der Waals surface area contributed by atoms with Gasteiger partial charge in [-0.1, -0.05) is 24.1 Å². The number of rotatable bonds is 6. The molecule has 1 fully saturated rings. The molecule has 0 saturated carbocycles. The molecular formula is C25H30ClN3O3. The molecule has 2 aromatic carbocycles. The van der Waals surface area contributed by atoms with Crippen LogP contribution in [0.25, 0.3) is 0 Å². The Kier molecular flexibility index (Phi) is 7.69. The predicted octanol–water partition coefficient (Wildman–Crippen LogP) is 4.21. The van der Waals surface area contributed by atoms with Gasteiger partial charge in [0, 0.05) is 24.7 Å². The minimum absolute atomic E-state index is 0. The van der Waals surface area contributed by atoms with Crippen LogP contribution in [0.15, 0.2) is 42.5 Å². The van der Waals surface area contributed by atoms with E-state index in [2.05, 4.69) is 17.1 Å². The molecule has 0 aliphatic carbocycles. The highest BCUT2D eigenvalue weighted by Gasteiger charge is 2.37. The minimum atomic E-state index is -0.391. The van der Waals surface area contributed by atoms with E-state index in [0.29, 0.717) is 29.4 Å². The Morgan fingerprint density at radius 2 is 1.75 bits per heavy atom. The molecule has 0 spiro atoms. The average molecular weight is 456 g/mol. The number of likely N-dealkylation sites (tertiary alicyclic amines) is 1. The number of aryl methyl sites for hydroxylation is 1. The third kappa shape index (κ3) is 4.87. The fraction of sp³-hybridized carbons (Fsp3) is 0.400. The lowest BCUT2D eigenvalue weighted by Gasteiger charge is -2.33. The molecule has 4 rings (SSSR count). The number of carbonyl (C=O) groups is 3. The molecule has 0 bridgehead atoms. The first-order chi connectivity index (χ1) is 15.0. The van der Waals surface area contributed by atoms with E-state index in [1.165, 1.54) is 30.2 Å². The number of hydrogen-bond acceptors (Lipinski definition) is 4. The Balaban J connectivity index is 0.00000289. The molecule has 7 heteroatoms. The number of nitrogens with zero attached hydrogens (tertiary/aromatic N) is 2. The smallest absolute Gasteiger partial charge is 0.266 e. The Morgan fingerprint density at radius 3 is 2.47 bits per heavy atom. The van der Waals surface area contributed by atoms with Crippen molar-refractivity contribution in [1.82, 2.24) is 10.2 Å². The second-order valence-corrected chi connectivity index (χ2v) is 8.53. The summed E-state index contributed by atoms with van der Waals surface area (Å²) in [6.45, 7) is 6.91. The van der Waals surface area contributed by atoms with Gasteiger partial charge in [0.25, 0.3) is 17.7 Å².